The molecular formula is C15H20N6O. The molecule has 0 saturated carbocycles. The number of carbonyl (C=O) groups excluding carboxylic acids is 1. The third-order valence-corrected chi connectivity index (χ3v) is 3.84. The summed E-state index contributed by atoms with van der Waals surface area (Å²) in [5.41, 5.74) is 0.655. The standard InChI is InChI=1S/C15H20N6O/c1-12-11-19(2)9-10-20(12)15(22)18-13-5-3-6-16-14(13)21-8-4-7-17-21/h3-8,12H,9-11H2,1-2H3,(H,18,22). The van der Waals surface area contributed by atoms with Gasteiger partial charge >= 0.3 is 6.03 Å². The van der Waals surface area contributed by atoms with Crippen molar-refractivity contribution in [1.29, 1.82) is 0 Å². The van der Waals surface area contributed by atoms with Crippen molar-refractivity contribution in [2.45, 2.75) is 13.0 Å². The number of hydrogen-bond donors (Lipinski definition) is 1. The largest absolute Gasteiger partial charge is 0.322 e. The summed E-state index contributed by atoms with van der Waals surface area (Å²) in [4.78, 5) is 20.9. The van der Waals surface area contributed by atoms with Gasteiger partial charge in [-0.1, -0.05) is 0 Å². The fourth-order valence-electron chi connectivity index (χ4n) is 2.70. The molecule has 0 bridgehead atoms. The summed E-state index contributed by atoms with van der Waals surface area (Å²) >= 11 is 0. The van der Waals surface area contributed by atoms with Crippen LogP contribution in [0.2, 0.25) is 0 Å². The predicted molar refractivity (Wildman–Crippen MR) is 84.0 cm³/mol. The molecule has 3 heterocycles. The second-order valence-electron chi connectivity index (χ2n) is 5.56. The molecule has 1 aliphatic rings. The first kappa shape index (κ1) is 14.5. The SMILES string of the molecule is CC1CN(C)CCN1C(=O)Nc1cccnc1-n1cccn1. The van der Waals surface area contributed by atoms with E-state index < -0.39 is 0 Å². The van der Waals surface area contributed by atoms with Crippen LogP contribution in [0.3, 0.4) is 0 Å². The van der Waals surface area contributed by atoms with E-state index in [1.54, 1.807) is 29.3 Å². The molecule has 2 aromatic rings. The summed E-state index contributed by atoms with van der Waals surface area (Å²) in [7, 11) is 2.07. The van der Waals surface area contributed by atoms with Crippen molar-refractivity contribution in [1.82, 2.24) is 24.6 Å². The number of aromatic nitrogens is 3. The number of anilines is 1. The highest BCUT2D eigenvalue weighted by molar-refractivity contribution is 5.91. The van der Waals surface area contributed by atoms with Gasteiger partial charge in [-0.25, -0.2) is 14.5 Å². The van der Waals surface area contributed by atoms with Gasteiger partial charge in [-0.15, -0.1) is 0 Å². The highest BCUT2D eigenvalue weighted by Gasteiger charge is 2.26. The third-order valence-electron chi connectivity index (χ3n) is 3.84. The number of hydrogen-bond acceptors (Lipinski definition) is 4. The Balaban J connectivity index is 1.77. The number of piperazine rings is 1. The molecule has 0 aliphatic carbocycles. The fraction of sp³-hybridized carbons (Fsp3) is 0.400. The van der Waals surface area contributed by atoms with Gasteiger partial charge in [0.15, 0.2) is 5.82 Å². The minimum Gasteiger partial charge on any atom is -0.319 e. The van der Waals surface area contributed by atoms with Crippen LogP contribution in [0.4, 0.5) is 10.5 Å². The van der Waals surface area contributed by atoms with Crippen LogP contribution in [0, 0.1) is 0 Å². The lowest BCUT2D eigenvalue weighted by Crippen LogP contribution is -2.54. The van der Waals surface area contributed by atoms with Crippen molar-refractivity contribution in [3.05, 3.63) is 36.8 Å². The fourth-order valence-corrected chi connectivity index (χ4v) is 2.70. The monoisotopic (exact) mass is 300 g/mol. The molecule has 1 N–H and O–H groups in total. The predicted octanol–water partition coefficient (Wildman–Crippen LogP) is 1.44. The lowest BCUT2D eigenvalue weighted by molar-refractivity contribution is 0.125. The average Bonchev–Trinajstić information content (AvgIpc) is 3.01. The van der Waals surface area contributed by atoms with Crippen LogP contribution in [0.1, 0.15) is 6.92 Å². The molecule has 7 heteroatoms. The van der Waals surface area contributed by atoms with E-state index in [1.165, 1.54) is 0 Å². The Hall–Kier alpha value is -2.41. The number of rotatable bonds is 2. The molecule has 2 amide bonds. The summed E-state index contributed by atoms with van der Waals surface area (Å²) < 4.78 is 1.64. The smallest absolute Gasteiger partial charge is 0.319 e. The van der Waals surface area contributed by atoms with E-state index in [-0.39, 0.29) is 12.1 Å². The van der Waals surface area contributed by atoms with Gasteiger partial charge in [0.1, 0.15) is 0 Å². The van der Waals surface area contributed by atoms with Crippen molar-refractivity contribution in [3.63, 3.8) is 0 Å². The van der Waals surface area contributed by atoms with Crippen LogP contribution in [0.15, 0.2) is 36.8 Å². The van der Waals surface area contributed by atoms with Gasteiger partial charge in [-0.3, -0.25) is 0 Å². The van der Waals surface area contributed by atoms with Crippen LogP contribution < -0.4 is 5.32 Å². The molecule has 1 unspecified atom stereocenters. The topological polar surface area (TPSA) is 66.3 Å². The molecular weight excluding hydrogens is 280 g/mol. The van der Waals surface area contributed by atoms with Gasteiger partial charge in [0.25, 0.3) is 0 Å². The summed E-state index contributed by atoms with van der Waals surface area (Å²) in [6, 6.07) is 5.55. The van der Waals surface area contributed by atoms with Gasteiger partial charge < -0.3 is 15.1 Å². The maximum atomic E-state index is 12.5. The van der Waals surface area contributed by atoms with Crippen molar-refractivity contribution in [3.8, 4) is 5.82 Å². The molecule has 1 atom stereocenters. The maximum Gasteiger partial charge on any atom is 0.322 e. The molecule has 7 nitrogen and oxygen atoms in total. The molecule has 1 aliphatic heterocycles. The molecule has 2 aromatic heterocycles. The lowest BCUT2D eigenvalue weighted by atomic mass is 10.2. The summed E-state index contributed by atoms with van der Waals surface area (Å²) in [6.45, 7) is 4.55. The lowest BCUT2D eigenvalue weighted by Gasteiger charge is -2.38. The molecule has 116 valence electrons. The second-order valence-corrected chi connectivity index (χ2v) is 5.56. The van der Waals surface area contributed by atoms with Gasteiger partial charge in [0.05, 0.1) is 5.69 Å². The number of amides is 2. The van der Waals surface area contributed by atoms with Crippen LogP contribution in [-0.2, 0) is 0 Å². The van der Waals surface area contributed by atoms with Crippen molar-refractivity contribution < 1.29 is 4.79 Å². The second kappa shape index (κ2) is 6.15. The molecule has 1 saturated heterocycles. The Morgan fingerprint density at radius 2 is 2.18 bits per heavy atom. The van der Waals surface area contributed by atoms with Gasteiger partial charge in [0, 0.05) is 44.3 Å². The van der Waals surface area contributed by atoms with Crippen LogP contribution >= 0.6 is 0 Å². The van der Waals surface area contributed by atoms with Gasteiger partial charge in [-0.05, 0) is 32.2 Å². The molecule has 0 spiro atoms. The van der Waals surface area contributed by atoms with Crippen LogP contribution in [0.25, 0.3) is 5.82 Å². The van der Waals surface area contributed by atoms with Gasteiger partial charge in [-0.2, -0.15) is 5.10 Å². The van der Waals surface area contributed by atoms with Crippen molar-refractivity contribution in [2.75, 3.05) is 32.0 Å². The Morgan fingerprint density at radius 3 is 2.91 bits per heavy atom. The number of urea groups is 1. The van der Waals surface area contributed by atoms with Crippen molar-refractivity contribution >= 4 is 11.7 Å². The van der Waals surface area contributed by atoms with E-state index in [9.17, 15) is 4.79 Å². The number of likely N-dealkylation sites (N-methyl/N-ethyl adjacent to an activating group) is 1. The Morgan fingerprint density at radius 1 is 1.32 bits per heavy atom. The molecule has 3 rings (SSSR count). The zero-order valence-corrected chi connectivity index (χ0v) is 12.8. The number of pyridine rings is 1. The zero-order chi connectivity index (χ0) is 15.5. The number of nitrogens with one attached hydrogen (secondary N) is 1. The van der Waals surface area contributed by atoms with Crippen LogP contribution in [0.5, 0.6) is 0 Å². The maximum absolute atomic E-state index is 12.5. The molecule has 22 heavy (non-hydrogen) atoms. The highest BCUT2D eigenvalue weighted by atomic mass is 16.2. The van der Waals surface area contributed by atoms with E-state index in [1.807, 2.05) is 17.0 Å². The summed E-state index contributed by atoms with van der Waals surface area (Å²) in [5, 5.41) is 7.13. The normalized spacial score (nSPS) is 19.2. The first-order valence-corrected chi connectivity index (χ1v) is 7.36. The first-order valence-electron chi connectivity index (χ1n) is 7.36. The van der Waals surface area contributed by atoms with E-state index in [4.69, 9.17) is 0 Å². The summed E-state index contributed by atoms with van der Waals surface area (Å²) in [5.74, 6) is 0.614. The quantitative estimate of drug-likeness (QED) is 0.911. The van der Waals surface area contributed by atoms with Crippen molar-refractivity contribution in [2.24, 2.45) is 0 Å². The Labute approximate surface area is 129 Å². The molecule has 0 aromatic carbocycles. The molecule has 1 fully saturated rings. The van der Waals surface area contributed by atoms with Crippen LogP contribution in [-0.4, -0.2) is 63.3 Å². The average molecular weight is 300 g/mol. The minimum atomic E-state index is -0.0954. The summed E-state index contributed by atoms with van der Waals surface area (Å²) in [6.07, 6.45) is 5.17. The van der Waals surface area contributed by atoms with E-state index in [0.717, 1.165) is 19.6 Å². The number of nitrogens with zero attached hydrogens (tertiary/aromatic N) is 5. The first-order chi connectivity index (χ1) is 10.6. The third kappa shape index (κ3) is 2.94. The zero-order valence-electron chi connectivity index (χ0n) is 12.8. The number of carbonyl (C=O) groups is 1. The minimum absolute atomic E-state index is 0.0954. The highest BCUT2D eigenvalue weighted by Crippen LogP contribution is 2.18. The Kier molecular flexibility index (Phi) is 4.06. The van der Waals surface area contributed by atoms with Gasteiger partial charge in [0.2, 0.25) is 0 Å². The van der Waals surface area contributed by atoms with E-state index in [0.29, 0.717) is 11.5 Å². The van der Waals surface area contributed by atoms with E-state index >= 15 is 0 Å². The molecule has 0 radical (unpaired) electrons. The van der Waals surface area contributed by atoms with E-state index in [2.05, 4.69) is 34.3 Å². The Bertz CT molecular complexity index is 641.